The molecule has 8 heteroatoms. The van der Waals surface area contributed by atoms with Gasteiger partial charge < -0.3 is 9.47 Å². The normalized spacial score (nSPS) is 17.8. The summed E-state index contributed by atoms with van der Waals surface area (Å²) >= 11 is 6.72. The molecule has 1 atom stereocenters. The number of imidazole rings is 1. The van der Waals surface area contributed by atoms with Crippen LogP contribution in [0.15, 0.2) is 12.5 Å². The average Bonchev–Trinajstić information content (AvgIpc) is 3.27. The van der Waals surface area contributed by atoms with Gasteiger partial charge in [0.2, 0.25) is 5.95 Å². The summed E-state index contributed by atoms with van der Waals surface area (Å²) in [6.07, 6.45) is 5.72. The molecule has 0 radical (unpaired) electrons. The Hall–Kier alpha value is -2.15. The third-order valence-electron chi connectivity index (χ3n) is 4.96. The molecule has 1 fully saturated rings. The first-order valence-corrected chi connectivity index (χ1v) is 9.47. The minimum Gasteiger partial charge on any atom is -0.334 e. The molecule has 138 valence electrons. The fraction of sp³-hybridized carbons (Fsp3) is 0.556. The Bertz CT molecular complexity index is 943. The first kappa shape index (κ1) is 17.3. The summed E-state index contributed by atoms with van der Waals surface area (Å²) < 4.78 is 3.85. The average molecular weight is 374 g/mol. The number of nitrogens with zero attached hydrogens (tertiary/aromatic N) is 7. The Morgan fingerprint density at radius 1 is 1.31 bits per heavy atom. The topological polar surface area (TPSA) is 64.7 Å². The van der Waals surface area contributed by atoms with Crippen molar-refractivity contribution < 1.29 is 0 Å². The van der Waals surface area contributed by atoms with E-state index in [2.05, 4.69) is 38.8 Å². The molecule has 3 aromatic heterocycles. The van der Waals surface area contributed by atoms with Crippen LogP contribution in [0, 0.1) is 12.8 Å². The van der Waals surface area contributed by atoms with E-state index in [1.165, 1.54) is 0 Å². The Balaban J connectivity index is 1.71. The molecule has 0 aliphatic carbocycles. The highest BCUT2D eigenvalue weighted by molar-refractivity contribution is 6.30. The quantitative estimate of drug-likeness (QED) is 0.700. The molecule has 4 rings (SSSR count). The number of anilines is 1. The van der Waals surface area contributed by atoms with Crippen molar-refractivity contribution >= 4 is 28.7 Å². The highest BCUT2D eigenvalue weighted by atomic mass is 35.5. The third kappa shape index (κ3) is 2.84. The lowest BCUT2D eigenvalue weighted by Gasteiger charge is -2.24. The van der Waals surface area contributed by atoms with Crippen molar-refractivity contribution in [3.05, 3.63) is 28.9 Å². The van der Waals surface area contributed by atoms with Gasteiger partial charge in [0.1, 0.15) is 10.7 Å². The van der Waals surface area contributed by atoms with E-state index >= 15 is 0 Å². The number of aryl methyl sites for hydroxylation is 2. The van der Waals surface area contributed by atoms with Crippen LogP contribution in [0.4, 0.5) is 5.95 Å². The zero-order chi connectivity index (χ0) is 18.4. The first-order valence-electron chi connectivity index (χ1n) is 9.09. The van der Waals surface area contributed by atoms with Crippen LogP contribution in [0.5, 0.6) is 0 Å². The van der Waals surface area contributed by atoms with Crippen LogP contribution in [-0.2, 0) is 13.6 Å². The smallest absolute Gasteiger partial charge is 0.228 e. The summed E-state index contributed by atoms with van der Waals surface area (Å²) in [7, 11) is 1.95. The summed E-state index contributed by atoms with van der Waals surface area (Å²) in [5.74, 6) is 1.21. The van der Waals surface area contributed by atoms with Gasteiger partial charge in [-0.25, -0.2) is 9.97 Å². The maximum absolute atomic E-state index is 6.72. The first-order chi connectivity index (χ1) is 12.5. The van der Waals surface area contributed by atoms with Gasteiger partial charge in [0.05, 0.1) is 24.3 Å². The van der Waals surface area contributed by atoms with Gasteiger partial charge in [0.25, 0.3) is 0 Å². The standard InChI is InChI=1S/C18H24ClN7/c1-11(2)9-26-16(19)15(12(3)23-26)13-6-5-7-25(13)18-20-8-14-17(22-18)21-10-24(14)4/h8,10-11,13H,5-7,9H2,1-4H3. The minimum atomic E-state index is 0.157. The van der Waals surface area contributed by atoms with Crippen molar-refractivity contribution in [1.29, 1.82) is 0 Å². The largest absolute Gasteiger partial charge is 0.334 e. The van der Waals surface area contributed by atoms with E-state index in [0.717, 1.165) is 53.5 Å². The number of hydrogen-bond acceptors (Lipinski definition) is 5. The van der Waals surface area contributed by atoms with Gasteiger partial charge in [0, 0.05) is 25.7 Å². The van der Waals surface area contributed by atoms with Gasteiger partial charge in [-0.2, -0.15) is 10.1 Å². The van der Waals surface area contributed by atoms with Gasteiger partial charge in [0.15, 0.2) is 5.65 Å². The van der Waals surface area contributed by atoms with E-state index in [4.69, 9.17) is 11.6 Å². The maximum atomic E-state index is 6.72. The summed E-state index contributed by atoms with van der Waals surface area (Å²) in [6, 6.07) is 0.157. The van der Waals surface area contributed by atoms with Crippen molar-refractivity contribution in [2.45, 2.75) is 46.2 Å². The van der Waals surface area contributed by atoms with E-state index in [1.807, 2.05) is 29.4 Å². The van der Waals surface area contributed by atoms with Crippen LogP contribution in [0.1, 0.15) is 44.0 Å². The molecule has 1 aliphatic rings. The molecule has 0 spiro atoms. The SMILES string of the molecule is Cc1nn(CC(C)C)c(Cl)c1C1CCCN1c1ncc2c(ncn2C)n1. The molecule has 1 saturated heterocycles. The predicted molar refractivity (Wildman–Crippen MR) is 102 cm³/mol. The van der Waals surface area contributed by atoms with Crippen LogP contribution in [0.25, 0.3) is 11.2 Å². The zero-order valence-electron chi connectivity index (χ0n) is 15.6. The third-order valence-corrected chi connectivity index (χ3v) is 5.36. The fourth-order valence-corrected chi connectivity index (χ4v) is 4.13. The van der Waals surface area contributed by atoms with E-state index < -0.39 is 0 Å². The second kappa shape index (κ2) is 6.54. The number of hydrogen-bond donors (Lipinski definition) is 0. The molecule has 0 bridgehead atoms. The monoisotopic (exact) mass is 373 g/mol. The Morgan fingerprint density at radius 3 is 2.88 bits per heavy atom. The highest BCUT2D eigenvalue weighted by Crippen LogP contribution is 2.39. The molecule has 26 heavy (non-hydrogen) atoms. The molecule has 4 heterocycles. The molecule has 0 aromatic carbocycles. The summed E-state index contributed by atoms with van der Waals surface area (Å²) in [4.78, 5) is 15.9. The second-order valence-electron chi connectivity index (χ2n) is 7.45. The predicted octanol–water partition coefficient (Wildman–Crippen LogP) is 3.52. The molecule has 3 aromatic rings. The van der Waals surface area contributed by atoms with Crippen LogP contribution in [-0.4, -0.2) is 35.8 Å². The van der Waals surface area contributed by atoms with Gasteiger partial charge in [-0.15, -0.1) is 0 Å². The minimum absolute atomic E-state index is 0.157. The molecule has 0 amide bonds. The summed E-state index contributed by atoms with van der Waals surface area (Å²) in [5, 5.41) is 5.42. The lowest BCUT2D eigenvalue weighted by atomic mass is 10.1. The van der Waals surface area contributed by atoms with Gasteiger partial charge in [-0.05, 0) is 25.7 Å². The maximum Gasteiger partial charge on any atom is 0.228 e. The number of fused-ring (bicyclic) bond motifs is 1. The number of rotatable bonds is 4. The molecule has 0 saturated carbocycles. The highest BCUT2D eigenvalue weighted by Gasteiger charge is 2.33. The van der Waals surface area contributed by atoms with Crippen molar-refractivity contribution in [3.63, 3.8) is 0 Å². The molecular weight excluding hydrogens is 350 g/mol. The number of halogens is 1. The Morgan fingerprint density at radius 2 is 2.12 bits per heavy atom. The lowest BCUT2D eigenvalue weighted by Crippen LogP contribution is -2.25. The Kier molecular flexibility index (Phi) is 4.34. The summed E-state index contributed by atoms with van der Waals surface area (Å²) in [6.45, 7) is 8.11. The lowest BCUT2D eigenvalue weighted by molar-refractivity contribution is 0.481. The van der Waals surface area contributed by atoms with E-state index in [0.29, 0.717) is 11.9 Å². The van der Waals surface area contributed by atoms with Crippen molar-refractivity contribution in [2.24, 2.45) is 13.0 Å². The van der Waals surface area contributed by atoms with E-state index in [-0.39, 0.29) is 6.04 Å². The van der Waals surface area contributed by atoms with Gasteiger partial charge in [-0.3, -0.25) is 4.68 Å². The molecule has 1 aliphatic heterocycles. The Labute approximate surface area is 158 Å². The van der Waals surface area contributed by atoms with Gasteiger partial charge in [-0.1, -0.05) is 25.4 Å². The zero-order valence-corrected chi connectivity index (χ0v) is 16.4. The van der Waals surface area contributed by atoms with Crippen molar-refractivity contribution in [3.8, 4) is 0 Å². The molecule has 7 nitrogen and oxygen atoms in total. The molecule has 0 N–H and O–H groups in total. The van der Waals surface area contributed by atoms with E-state index in [9.17, 15) is 0 Å². The molecule has 1 unspecified atom stereocenters. The van der Waals surface area contributed by atoms with Crippen LogP contribution >= 0.6 is 11.6 Å². The fourth-order valence-electron chi connectivity index (χ4n) is 3.76. The molecular formula is C18H24ClN7. The van der Waals surface area contributed by atoms with Crippen molar-refractivity contribution in [2.75, 3.05) is 11.4 Å². The second-order valence-corrected chi connectivity index (χ2v) is 7.81. The van der Waals surface area contributed by atoms with Crippen LogP contribution in [0.3, 0.4) is 0 Å². The number of aromatic nitrogens is 6. The summed E-state index contributed by atoms with van der Waals surface area (Å²) in [5.41, 5.74) is 3.76. The van der Waals surface area contributed by atoms with E-state index in [1.54, 1.807) is 6.33 Å². The van der Waals surface area contributed by atoms with Crippen LogP contribution in [0.2, 0.25) is 5.15 Å². The van der Waals surface area contributed by atoms with Crippen molar-refractivity contribution in [1.82, 2.24) is 29.3 Å². The van der Waals surface area contributed by atoms with Gasteiger partial charge >= 0.3 is 0 Å². The van der Waals surface area contributed by atoms with Crippen LogP contribution < -0.4 is 4.90 Å².